The molecular weight excluding hydrogens is 292 g/mol. The summed E-state index contributed by atoms with van der Waals surface area (Å²) in [6.07, 6.45) is 7.95. The number of nitrogens with one attached hydrogen (secondary N) is 2. The Morgan fingerprint density at radius 3 is 3.09 bits per heavy atom. The van der Waals surface area contributed by atoms with Gasteiger partial charge in [0.1, 0.15) is 5.69 Å². The summed E-state index contributed by atoms with van der Waals surface area (Å²) in [5, 5.41) is 9.99. The van der Waals surface area contributed by atoms with Gasteiger partial charge in [-0.1, -0.05) is 6.42 Å². The number of likely N-dealkylation sites (tertiary alicyclic amines) is 1. The molecule has 1 aliphatic heterocycles. The standard InChI is InChI=1S/C17H22N4O2/c22-17(15-10-14(19-20-15)16-5-3-9-23-16)18-11-13-4-1-2-8-21(13)12-6-7-12/h3,5,9-10,12-13H,1-2,4,6-8,11H2,(H,18,22)(H,19,20)/t13-/m1/s1. The predicted molar refractivity (Wildman–Crippen MR) is 86.0 cm³/mol. The highest BCUT2D eigenvalue weighted by molar-refractivity contribution is 5.93. The minimum Gasteiger partial charge on any atom is -0.463 e. The first-order chi connectivity index (χ1) is 11.3. The van der Waals surface area contributed by atoms with E-state index < -0.39 is 0 Å². The summed E-state index contributed by atoms with van der Waals surface area (Å²) in [5.41, 5.74) is 1.13. The Bertz CT molecular complexity index is 660. The third kappa shape index (κ3) is 3.17. The molecule has 1 saturated carbocycles. The zero-order valence-electron chi connectivity index (χ0n) is 13.1. The third-order valence-corrected chi connectivity index (χ3v) is 4.78. The Balaban J connectivity index is 1.36. The van der Waals surface area contributed by atoms with E-state index in [4.69, 9.17) is 4.42 Å². The largest absolute Gasteiger partial charge is 0.463 e. The molecular formula is C17H22N4O2. The fourth-order valence-corrected chi connectivity index (χ4v) is 3.43. The Kier molecular flexibility index (Phi) is 3.91. The van der Waals surface area contributed by atoms with Crippen LogP contribution in [-0.2, 0) is 0 Å². The summed E-state index contributed by atoms with van der Waals surface area (Å²) < 4.78 is 5.31. The zero-order valence-corrected chi connectivity index (χ0v) is 13.1. The van der Waals surface area contributed by atoms with Gasteiger partial charge in [-0.3, -0.25) is 14.8 Å². The average Bonchev–Trinajstić information content (AvgIpc) is 3.08. The molecule has 2 aliphatic rings. The van der Waals surface area contributed by atoms with Gasteiger partial charge >= 0.3 is 0 Å². The maximum atomic E-state index is 12.3. The molecule has 1 saturated heterocycles. The van der Waals surface area contributed by atoms with Gasteiger partial charge in [0.2, 0.25) is 0 Å². The second kappa shape index (κ2) is 6.20. The van der Waals surface area contributed by atoms with E-state index in [0.717, 1.165) is 11.7 Å². The molecule has 1 aliphatic carbocycles. The van der Waals surface area contributed by atoms with Crippen LogP contribution in [-0.4, -0.2) is 46.2 Å². The van der Waals surface area contributed by atoms with Crippen LogP contribution in [0.4, 0.5) is 0 Å². The summed E-state index contributed by atoms with van der Waals surface area (Å²) in [5.74, 6) is 0.559. The predicted octanol–water partition coefficient (Wildman–Crippen LogP) is 2.42. The van der Waals surface area contributed by atoms with Crippen LogP contribution in [0.5, 0.6) is 0 Å². The number of hydrogen-bond donors (Lipinski definition) is 2. The van der Waals surface area contributed by atoms with Gasteiger partial charge in [-0.15, -0.1) is 0 Å². The van der Waals surface area contributed by atoms with Crippen LogP contribution in [0.3, 0.4) is 0 Å². The number of carbonyl (C=O) groups is 1. The second-order valence-electron chi connectivity index (χ2n) is 6.47. The number of hydrogen-bond acceptors (Lipinski definition) is 4. The highest BCUT2D eigenvalue weighted by atomic mass is 16.3. The van der Waals surface area contributed by atoms with Crippen molar-refractivity contribution in [1.29, 1.82) is 0 Å². The second-order valence-corrected chi connectivity index (χ2v) is 6.47. The SMILES string of the molecule is O=C(NC[C@H]1CCCCN1C1CC1)c1cc(-c2ccco2)[nH]n1. The van der Waals surface area contributed by atoms with E-state index >= 15 is 0 Å². The maximum absolute atomic E-state index is 12.3. The van der Waals surface area contributed by atoms with Crippen molar-refractivity contribution in [3.63, 3.8) is 0 Å². The molecule has 0 unspecified atom stereocenters. The van der Waals surface area contributed by atoms with Crippen molar-refractivity contribution in [3.8, 4) is 11.5 Å². The van der Waals surface area contributed by atoms with Gasteiger partial charge in [0.25, 0.3) is 5.91 Å². The molecule has 0 aromatic carbocycles. The van der Waals surface area contributed by atoms with E-state index in [1.807, 2.05) is 12.1 Å². The van der Waals surface area contributed by atoms with E-state index in [1.54, 1.807) is 12.3 Å². The topological polar surface area (TPSA) is 74.2 Å². The molecule has 2 N–H and O–H groups in total. The molecule has 6 heteroatoms. The van der Waals surface area contributed by atoms with Crippen LogP contribution in [0.15, 0.2) is 28.9 Å². The lowest BCUT2D eigenvalue weighted by atomic mass is 10.0. The number of furan rings is 1. The quantitative estimate of drug-likeness (QED) is 0.889. The van der Waals surface area contributed by atoms with Crippen molar-refractivity contribution in [2.24, 2.45) is 0 Å². The molecule has 6 nitrogen and oxygen atoms in total. The van der Waals surface area contributed by atoms with Gasteiger partial charge in [0, 0.05) is 24.7 Å². The first-order valence-corrected chi connectivity index (χ1v) is 8.44. The summed E-state index contributed by atoms with van der Waals surface area (Å²) in [6, 6.07) is 6.61. The maximum Gasteiger partial charge on any atom is 0.271 e. The fraction of sp³-hybridized carbons (Fsp3) is 0.529. The van der Waals surface area contributed by atoms with Crippen LogP contribution < -0.4 is 5.32 Å². The summed E-state index contributed by atoms with van der Waals surface area (Å²) in [4.78, 5) is 14.9. The highest BCUT2D eigenvalue weighted by Crippen LogP contribution is 2.32. The Morgan fingerprint density at radius 1 is 1.39 bits per heavy atom. The lowest BCUT2D eigenvalue weighted by molar-refractivity contribution is 0.0901. The average molecular weight is 314 g/mol. The van der Waals surface area contributed by atoms with Gasteiger partial charge < -0.3 is 9.73 Å². The minimum atomic E-state index is -0.125. The normalized spacial score (nSPS) is 22.2. The summed E-state index contributed by atoms with van der Waals surface area (Å²) >= 11 is 0. The molecule has 122 valence electrons. The number of nitrogens with zero attached hydrogens (tertiary/aromatic N) is 2. The van der Waals surface area contributed by atoms with Crippen molar-refractivity contribution in [1.82, 2.24) is 20.4 Å². The van der Waals surface area contributed by atoms with Crippen molar-refractivity contribution in [3.05, 3.63) is 30.2 Å². The molecule has 2 fully saturated rings. The number of aromatic amines is 1. The number of aromatic nitrogens is 2. The van der Waals surface area contributed by atoms with Crippen molar-refractivity contribution in [2.45, 2.75) is 44.2 Å². The van der Waals surface area contributed by atoms with Crippen molar-refractivity contribution in [2.75, 3.05) is 13.1 Å². The van der Waals surface area contributed by atoms with E-state index in [9.17, 15) is 4.79 Å². The van der Waals surface area contributed by atoms with Gasteiger partial charge in [0.05, 0.1) is 6.26 Å². The van der Waals surface area contributed by atoms with Crippen LogP contribution in [0.25, 0.3) is 11.5 Å². The van der Waals surface area contributed by atoms with E-state index in [2.05, 4.69) is 20.4 Å². The monoisotopic (exact) mass is 314 g/mol. The number of H-pyrrole nitrogens is 1. The van der Waals surface area contributed by atoms with Gasteiger partial charge in [0.15, 0.2) is 11.5 Å². The van der Waals surface area contributed by atoms with Crippen molar-refractivity contribution >= 4 is 5.91 Å². The molecule has 3 heterocycles. The third-order valence-electron chi connectivity index (χ3n) is 4.78. The lowest BCUT2D eigenvalue weighted by Crippen LogP contribution is -2.47. The Morgan fingerprint density at radius 2 is 2.30 bits per heavy atom. The van der Waals surface area contributed by atoms with Crippen LogP contribution in [0.2, 0.25) is 0 Å². The van der Waals surface area contributed by atoms with Crippen LogP contribution in [0.1, 0.15) is 42.6 Å². The Labute approximate surface area is 135 Å². The summed E-state index contributed by atoms with van der Waals surface area (Å²) in [7, 11) is 0. The number of piperidine rings is 1. The lowest BCUT2D eigenvalue weighted by Gasteiger charge is -2.35. The first-order valence-electron chi connectivity index (χ1n) is 8.44. The van der Waals surface area contributed by atoms with Gasteiger partial charge in [-0.2, -0.15) is 5.10 Å². The molecule has 2 aromatic heterocycles. The molecule has 23 heavy (non-hydrogen) atoms. The number of carbonyl (C=O) groups excluding carboxylic acids is 1. The van der Waals surface area contributed by atoms with E-state index in [-0.39, 0.29) is 5.91 Å². The van der Waals surface area contributed by atoms with Crippen LogP contribution >= 0.6 is 0 Å². The van der Waals surface area contributed by atoms with Crippen molar-refractivity contribution < 1.29 is 9.21 Å². The van der Waals surface area contributed by atoms with E-state index in [1.165, 1.54) is 38.6 Å². The minimum absolute atomic E-state index is 0.125. The smallest absolute Gasteiger partial charge is 0.271 e. The van der Waals surface area contributed by atoms with Gasteiger partial charge in [-0.05, 0) is 44.4 Å². The fourth-order valence-electron chi connectivity index (χ4n) is 3.43. The summed E-state index contributed by atoms with van der Waals surface area (Å²) in [6.45, 7) is 1.88. The van der Waals surface area contributed by atoms with Gasteiger partial charge in [-0.25, -0.2) is 0 Å². The number of rotatable bonds is 5. The highest BCUT2D eigenvalue weighted by Gasteiger charge is 2.35. The molecule has 0 bridgehead atoms. The molecule has 0 radical (unpaired) electrons. The molecule has 0 spiro atoms. The first kappa shape index (κ1) is 14.5. The molecule has 2 aromatic rings. The molecule has 4 rings (SSSR count). The molecule has 1 atom stereocenters. The zero-order chi connectivity index (χ0) is 15.6. The Hall–Kier alpha value is -2.08. The van der Waals surface area contributed by atoms with Crippen LogP contribution in [0, 0.1) is 0 Å². The number of amides is 1. The molecule has 1 amide bonds. The van der Waals surface area contributed by atoms with E-state index in [0.29, 0.717) is 24.0 Å².